The number of unbranched alkanes of at least 4 members (excludes halogenated alkanes) is 15. The zero-order valence-corrected chi connectivity index (χ0v) is 20.1. The van der Waals surface area contributed by atoms with Crippen molar-refractivity contribution in [2.75, 3.05) is 6.61 Å². The third-order valence-corrected chi connectivity index (χ3v) is 6.23. The fourth-order valence-electron chi connectivity index (χ4n) is 4.21. The third kappa shape index (κ3) is 12.6. The molecule has 0 radical (unpaired) electrons. The molecule has 0 aliphatic heterocycles. The van der Waals surface area contributed by atoms with E-state index in [2.05, 4.69) is 61.5 Å². The molecule has 31 heavy (non-hydrogen) atoms. The Morgan fingerprint density at radius 1 is 0.452 bits per heavy atom. The summed E-state index contributed by atoms with van der Waals surface area (Å²) in [6, 6.07) is 19.0. The number of ether oxygens (including phenoxy) is 1. The molecular weight excluding hydrogens is 376 g/mol. The second-order valence-corrected chi connectivity index (χ2v) is 9.04. The second kappa shape index (κ2) is 17.9. The Morgan fingerprint density at radius 3 is 1.35 bits per heavy atom. The van der Waals surface area contributed by atoms with Gasteiger partial charge in [-0.15, -0.1) is 0 Å². The van der Waals surface area contributed by atoms with E-state index >= 15 is 0 Å². The number of hydrogen-bond acceptors (Lipinski definition) is 1. The maximum absolute atomic E-state index is 5.92. The molecule has 0 amide bonds. The maximum atomic E-state index is 5.92. The van der Waals surface area contributed by atoms with Crippen molar-refractivity contribution in [3.05, 3.63) is 54.6 Å². The summed E-state index contributed by atoms with van der Waals surface area (Å²) >= 11 is 0. The lowest BCUT2D eigenvalue weighted by Gasteiger charge is -2.08. The fraction of sp³-hybridized carbons (Fsp3) is 0.600. The molecule has 0 saturated carbocycles. The molecule has 1 heteroatoms. The van der Waals surface area contributed by atoms with Crippen molar-refractivity contribution < 1.29 is 4.74 Å². The smallest absolute Gasteiger partial charge is 0.119 e. The molecule has 0 aliphatic carbocycles. The van der Waals surface area contributed by atoms with Gasteiger partial charge in [0.25, 0.3) is 0 Å². The van der Waals surface area contributed by atoms with Gasteiger partial charge in [-0.3, -0.25) is 0 Å². The highest BCUT2D eigenvalue weighted by atomic mass is 16.5. The van der Waals surface area contributed by atoms with E-state index in [1.807, 2.05) is 0 Å². The Morgan fingerprint density at radius 2 is 0.871 bits per heavy atom. The van der Waals surface area contributed by atoms with Crippen molar-refractivity contribution in [3.63, 3.8) is 0 Å². The molecule has 0 unspecified atom stereocenters. The van der Waals surface area contributed by atoms with E-state index in [0.717, 1.165) is 12.4 Å². The van der Waals surface area contributed by atoms with Crippen molar-refractivity contribution in [3.8, 4) is 16.9 Å². The quantitative estimate of drug-likeness (QED) is 0.205. The van der Waals surface area contributed by atoms with Gasteiger partial charge in [0.1, 0.15) is 5.75 Å². The van der Waals surface area contributed by atoms with Crippen LogP contribution in [0.25, 0.3) is 11.1 Å². The molecule has 2 rings (SSSR count). The minimum absolute atomic E-state index is 0.836. The van der Waals surface area contributed by atoms with Gasteiger partial charge in [0, 0.05) is 0 Å². The molecule has 0 bridgehead atoms. The first-order valence-corrected chi connectivity index (χ1v) is 13.2. The van der Waals surface area contributed by atoms with Crippen molar-refractivity contribution >= 4 is 0 Å². The van der Waals surface area contributed by atoms with Crippen LogP contribution >= 0.6 is 0 Å². The molecule has 2 aromatic carbocycles. The Bertz CT molecular complexity index is 631. The van der Waals surface area contributed by atoms with Crippen LogP contribution in [-0.2, 0) is 0 Å². The summed E-state index contributed by atoms with van der Waals surface area (Å²) in [5.41, 5.74) is 2.50. The first-order chi connectivity index (χ1) is 15.4. The number of hydrogen-bond donors (Lipinski definition) is 0. The lowest BCUT2D eigenvalue weighted by atomic mass is 10.0. The van der Waals surface area contributed by atoms with Crippen LogP contribution in [0.5, 0.6) is 5.75 Å². The monoisotopic (exact) mass is 422 g/mol. The minimum atomic E-state index is 0.836. The number of rotatable bonds is 19. The van der Waals surface area contributed by atoms with Crippen LogP contribution in [0.15, 0.2) is 54.6 Å². The first kappa shape index (κ1) is 25.5. The molecule has 0 fully saturated rings. The van der Waals surface area contributed by atoms with Crippen molar-refractivity contribution in [1.29, 1.82) is 0 Å². The van der Waals surface area contributed by atoms with Crippen LogP contribution in [0.2, 0.25) is 0 Å². The summed E-state index contributed by atoms with van der Waals surface area (Å²) < 4.78 is 5.92. The van der Waals surface area contributed by atoms with Crippen molar-refractivity contribution in [1.82, 2.24) is 0 Å². The van der Waals surface area contributed by atoms with Gasteiger partial charge in [-0.2, -0.15) is 0 Å². The van der Waals surface area contributed by atoms with E-state index in [4.69, 9.17) is 4.74 Å². The first-order valence-electron chi connectivity index (χ1n) is 13.2. The van der Waals surface area contributed by atoms with Crippen molar-refractivity contribution in [2.45, 2.75) is 110 Å². The molecule has 0 spiro atoms. The summed E-state index contributed by atoms with van der Waals surface area (Å²) in [5, 5.41) is 0. The van der Waals surface area contributed by atoms with Gasteiger partial charge >= 0.3 is 0 Å². The van der Waals surface area contributed by atoms with Gasteiger partial charge in [0.2, 0.25) is 0 Å². The highest BCUT2D eigenvalue weighted by molar-refractivity contribution is 5.63. The Kier molecular flexibility index (Phi) is 14.7. The largest absolute Gasteiger partial charge is 0.494 e. The summed E-state index contributed by atoms with van der Waals surface area (Å²) in [4.78, 5) is 0. The minimum Gasteiger partial charge on any atom is -0.494 e. The standard InChI is InChI=1S/C30H46O/c1-2-3-4-5-6-7-8-9-10-11-12-13-14-15-16-20-27-31-30-25-23-29(24-26-30)28-21-18-17-19-22-28/h17-19,21-26H,2-16,20,27H2,1H3. The van der Waals surface area contributed by atoms with Gasteiger partial charge < -0.3 is 4.74 Å². The second-order valence-electron chi connectivity index (χ2n) is 9.04. The van der Waals surface area contributed by atoms with Crippen molar-refractivity contribution in [2.24, 2.45) is 0 Å². The molecule has 0 aliphatic rings. The molecule has 0 N–H and O–H groups in total. The van der Waals surface area contributed by atoms with Gasteiger partial charge in [-0.25, -0.2) is 0 Å². The molecule has 0 saturated heterocycles. The highest BCUT2D eigenvalue weighted by Crippen LogP contribution is 2.22. The average molecular weight is 423 g/mol. The van der Waals surface area contributed by atoms with Crippen LogP contribution in [0.4, 0.5) is 0 Å². The lowest BCUT2D eigenvalue weighted by Crippen LogP contribution is -1.97. The van der Waals surface area contributed by atoms with E-state index < -0.39 is 0 Å². The SMILES string of the molecule is CCCCCCCCCCCCCCCCCCOc1ccc(-c2ccccc2)cc1. The zero-order valence-electron chi connectivity index (χ0n) is 20.1. The van der Waals surface area contributed by atoms with E-state index in [1.54, 1.807) is 0 Å². The molecule has 0 heterocycles. The summed E-state index contributed by atoms with van der Waals surface area (Å²) in [5.74, 6) is 0.987. The maximum Gasteiger partial charge on any atom is 0.119 e. The van der Waals surface area contributed by atoms with E-state index in [0.29, 0.717) is 0 Å². The van der Waals surface area contributed by atoms with Crippen LogP contribution in [0, 0.1) is 0 Å². The summed E-state index contributed by atoms with van der Waals surface area (Å²) in [6.45, 7) is 3.13. The molecule has 2 aromatic rings. The Balaban J connectivity index is 1.35. The summed E-state index contributed by atoms with van der Waals surface area (Å²) in [7, 11) is 0. The number of benzene rings is 2. The molecule has 1 nitrogen and oxygen atoms in total. The van der Waals surface area contributed by atoms with Gasteiger partial charge in [0.05, 0.1) is 6.61 Å². The highest BCUT2D eigenvalue weighted by Gasteiger charge is 1.99. The molecule has 0 atom stereocenters. The van der Waals surface area contributed by atoms with Gasteiger partial charge in [-0.1, -0.05) is 146 Å². The summed E-state index contributed by atoms with van der Waals surface area (Å²) in [6.07, 6.45) is 22.5. The van der Waals surface area contributed by atoms with Crippen LogP contribution in [-0.4, -0.2) is 6.61 Å². The van der Waals surface area contributed by atoms with Gasteiger partial charge in [-0.05, 0) is 29.7 Å². The lowest BCUT2D eigenvalue weighted by molar-refractivity contribution is 0.304. The molecule has 172 valence electrons. The topological polar surface area (TPSA) is 9.23 Å². The normalized spacial score (nSPS) is 11.0. The Hall–Kier alpha value is -1.76. The zero-order chi connectivity index (χ0) is 21.8. The predicted octanol–water partition coefficient (Wildman–Crippen LogP) is 9.99. The van der Waals surface area contributed by atoms with Gasteiger partial charge in [0.15, 0.2) is 0 Å². The van der Waals surface area contributed by atoms with Crippen LogP contribution < -0.4 is 4.74 Å². The Labute approximate surface area is 192 Å². The molecular formula is C30H46O. The predicted molar refractivity (Wildman–Crippen MR) is 137 cm³/mol. The van der Waals surface area contributed by atoms with Crippen LogP contribution in [0.3, 0.4) is 0 Å². The van der Waals surface area contributed by atoms with Crippen LogP contribution in [0.1, 0.15) is 110 Å². The third-order valence-electron chi connectivity index (χ3n) is 6.23. The average Bonchev–Trinajstić information content (AvgIpc) is 2.82. The van der Waals surface area contributed by atoms with E-state index in [9.17, 15) is 0 Å². The van der Waals surface area contributed by atoms with E-state index in [1.165, 1.54) is 114 Å². The fourth-order valence-corrected chi connectivity index (χ4v) is 4.21. The van der Waals surface area contributed by atoms with E-state index in [-0.39, 0.29) is 0 Å². The molecule has 0 aromatic heterocycles.